The maximum absolute atomic E-state index is 14.3. The van der Waals surface area contributed by atoms with Gasteiger partial charge in [0.1, 0.15) is 0 Å². The molecule has 0 spiro atoms. The summed E-state index contributed by atoms with van der Waals surface area (Å²) in [5.74, 6) is -0.0250. The number of nitrogens with one attached hydrogen (secondary N) is 1. The summed E-state index contributed by atoms with van der Waals surface area (Å²) < 4.78 is 0. The molecule has 4 aromatic carbocycles. The number of hydrogen-bond acceptors (Lipinski definition) is 2. The Hall–Kier alpha value is -4.57. The Bertz CT molecular complexity index is 1670. The molecule has 0 saturated carbocycles. The lowest BCUT2D eigenvalue weighted by Crippen LogP contribution is -2.26. The van der Waals surface area contributed by atoms with Gasteiger partial charge in [0.05, 0.1) is 17.8 Å². The first-order chi connectivity index (χ1) is 18.3. The maximum Gasteiger partial charge on any atom is 0.260 e. The Morgan fingerprint density at radius 2 is 1.53 bits per heavy atom. The van der Waals surface area contributed by atoms with E-state index in [0.29, 0.717) is 17.8 Å². The molecule has 0 bridgehead atoms. The maximum atomic E-state index is 14.3. The highest BCUT2D eigenvalue weighted by Gasteiger charge is 2.36. The molecule has 2 heterocycles. The zero-order chi connectivity index (χ0) is 26.4. The summed E-state index contributed by atoms with van der Waals surface area (Å²) >= 11 is 0. The summed E-state index contributed by atoms with van der Waals surface area (Å²) in [5, 5.41) is 1.09. The van der Waals surface area contributed by atoms with E-state index < -0.39 is 0 Å². The van der Waals surface area contributed by atoms with Crippen molar-refractivity contribution < 1.29 is 4.79 Å². The van der Waals surface area contributed by atoms with E-state index >= 15 is 0 Å². The SMILES string of the molecule is CC(C)(C)c1ccc(CN2C(=O)/C(=C(\c3cc4ccccc4[nH]3)c3ccccc3N)c3ccccc32)cc1. The number of aromatic amines is 1. The number of carbonyl (C=O) groups is 1. The Morgan fingerprint density at radius 1 is 0.842 bits per heavy atom. The molecule has 0 fully saturated rings. The number of para-hydroxylation sites is 3. The lowest BCUT2D eigenvalue weighted by atomic mass is 9.87. The van der Waals surface area contributed by atoms with E-state index in [4.69, 9.17) is 5.73 Å². The zero-order valence-electron chi connectivity index (χ0n) is 22.0. The molecule has 3 N–H and O–H groups in total. The van der Waals surface area contributed by atoms with Crippen molar-refractivity contribution in [3.05, 3.63) is 131 Å². The van der Waals surface area contributed by atoms with Crippen molar-refractivity contribution in [2.45, 2.75) is 32.7 Å². The van der Waals surface area contributed by atoms with Crippen LogP contribution < -0.4 is 10.6 Å². The first-order valence-electron chi connectivity index (χ1n) is 13.0. The summed E-state index contributed by atoms with van der Waals surface area (Å²) in [6, 6.07) is 34.7. The molecule has 5 aromatic rings. The molecule has 4 nitrogen and oxygen atoms in total. The lowest BCUT2D eigenvalue weighted by Gasteiger charge is -2.21. The number of benzene rings is 4. The predicted octanol–water partition coefficient (Wildman–Crippen LogP) is 7.55. The van der Waals surface area contributed by atoms with E-state index in [1.165, 1.54) is 5.56 Å². The second kappa shape index (κ2) is 9.07. The topological polar surface area (TPSA) is 62.1 Å². The minimum Gasteiger partial charge on any atom is -0.398 e. The Balaban J connectivity index is 1.53. The van der Waals surface area contributed by atoms with Gasteiger partial charge in [0.2, 0.25) is 0 Å². The second-order valence-electron chi connectivity index (χ2n) is 11.0. The van der Waals surface area contributed by atoms with Gasteiger partial charge in [0.15, 0.2) is 0 Å². The molecule has 0 atom stereocenters. The number of aromatic nitrogens is 1. The van der Waals surface area contributed by atoms with Gasteiger partial charge in [-0.3, -0.25) is 4.79 Å². The van der Waals surface area contributed by atoms with Gasteiger partial charge >= 0.3 is 0 Å². The highest BCUT2D eigenvalue weighted by molar-refractivity contribution is 6.39. The number of nitrogens with two attached hydrogens (primary N) is 1. The van der Waals surface area contributed by atoms with Crippen molar-refractivity contribution in [1.29, 1.82) is 0 Å². The fourth-order valence-electron chi connectivity index (χ4n) is 5.32. The molecule has 1 aliphatic rings. The predicted molar refractivity (Wildman–Crippen MR) is 158 cm³/mol. The van der Waals surface area contributed by atoms with Crippen molar-refractivity contribution in [2.24, 2.45) is 0 Å². The van der Waals surface area contributed by atoms with Crippen molar-refractivity contribution in [2.75, 3.05) is 10.6 Å². The molecule has 1 aliphatic heterocycles. The van der Waals surface area contributed by atoms with Crippen LogP contribution >= 0.6 is 0 Å². The van der Waals surface area contributed by atoms with Crippen LogP contribution in [0.2, 0.25) is 0 Å². The van der Waals surface area contributed by atoms with Gasteiger partial charge in [-0.05, 0) is 40.8 Å². The van der Waals surface area contributed by atoms with E-state index in [2.05, 4.69) is 62.2 Å². The molecule has 1 amide bonds. The molecule has 0 saturated heterocycles. The normalized spacial score (nSPS) is 14.7. The molecule has 4 heteroatoms. The third-order valence-corrected chi connectivity index (χ3v) is 7.36. The molecule has 0 aliphatic carbocycles. The van der Waals surface area contributed by atoms with Gasteiger partial charge in [0.25, 0.3) is 5.91 Å². The van der Waals surface area contributed by atoms with E-state index in [9.17, 15) is 4.79 Å². The van der Waals surface area contributed by atoms with Crippen LogP contribution in [0, 0.1) is 0 Å². The van der Waals surface area contributed by atoms with Gasteiger partial charge in [-0.25, -0.2) is 0 Å². The van der Waals surface area contributed by atoms with E-state index in [-0.39, 0.29) is 11.3 Å². The van der Waals surface area contributed by atoms with Crippen LogP contribution in [0.5, 0.6) is 0 Å². The fourth-order valence-corrected chi connectivity index (χ4v) is 5.32. The van der Waals surface area contributed by atoms with E-state index in [1.807, 2.05) is 71.6 Å². The largest absolute Gasteiger partial charge is 0.398 e. The number of anilines is 2. The van der Waals surface area contributed by atoms with Crippen LogP contribution in [0.4, 0.5) is 11.4 Å². The third kappa shape index (κ3) is 4.08. The van der Waals surface area contributed by atoms with Gasteiger partial charge in [-0.1, -0.05) is 99.6 Å². The second-order valence-corrected chi connectivity index (χ2v) is 11.0. The number of nitrogens with zero attached hydrogens (tertiary/aromatic N) is 1. The van der Waals surface area contributed by atoms with Crippen molar-refractivity contribution >= 4 is 39.3 Å². The smallest absolute Gasteiger partial charge is 0.260 e. The number of hydrogen-bond donors (Lipinski definition) is 2. The van der Waals surface area contributed by atoms with Gasteiger partial charge in [-0.2, -0.15) is 0 Å². The molecule has 6 rings (SSSR count). The van der Waals surface area contributed by atoms with Crippen LogP contribution in [0.1, 0.15) is 48.7 Å². The quantitative estimate of drug-likeness (QED) is 0.199. The standard InChI is InChI=1S/C34H31N3O/c1-34(2,3)24-18-16-22(17-19-24)21-37-30-15-9-6-12-26(30)32(33(37)38)31(25-11-5-7-13-27(25)35)29-20-23-10-4-8-14-28(23)36-29/h4-20,36H,21,35H2,1-3H3/b32-31-. The highest BCUT2D eigenvalue weighted by Crippen LogP contribution is 2.44. The van der Waals surface area contributed by atoms with E-state index in [0.717, 1.165) is 44.5 Å². The molecule has 38 heavy (non-hydrogen) atoms. The van der Waals surface area contributed by atoms with Crippen molar-refractivity contribution in [3.8, 4) is 0 Å². The van der Waals surface area contributed by atoms with Crippen LogP contribution in [0.25, 0.3) is 22.0 Å². The lowest BCUT2D eigenvalue weighted by molar-refractivity contribution is -0.113. The monoisotopic (exact) mass is 497 g/mol. The van der Waals surface area contributed by atoms with Crippen LogP contribution in [-0.4, -0.2) is 10.9 Å². The minimum absolute atomic E-state index is 0.0250. The zero-order valence-corrected chi connectivity index (χ0v) is 22.0. The number of carbonyl (C=O) groups excluding carboxylic acids is 1. The number of fused-ring (bicyclic) bond motifs is 2. The fraction of sp³-hybridized carbons (Fsp3) is 0.147. The average Bonchev–Trinajstić information content (AvgIpc) is 3.45. The third-order valence-electron chi connectivity index (χ3n) is 7.36. The Labute approximate surface area is 223 Å². The summed E-state index contributed by atoms with van der Waals surface area (Å²) in [6.45, 7) is 7.12. The van der Waals surface area contributed by atoms with Crippen molar-refractivity contribution in [3.63, 3.8) is 0 Å². The van der Waals surface area contributed by atoms with Gasteiger partial charge in [-0.15, -0.1) is 0 Å². The van der Waals surface area contributed by atoms with Gasteiger partial charge in [0, 0.05) is 39.0 Å². The Kier molecular flexibility index (Phi) is 5.68. The minimum atomic E-state index is -0.0250. The first-order valence-corrected chi connectivity index (χ1v) is 13.0. The summed E-state index contributed by atoms with van der Waals surface area (Å²) in [5.41, 5.74) is 15.6. The number of H-pyrrole nitrogens is 1. The highest BCUT2D eigenvalue weighted by atomic mass is 16.2. The summed E-state index contributed by atoms with van der Waals surface area (Å²) in [4.78, 5) is 19.8. The molecule has 188 valence electrons. The van der Waals surface area contributed by atoms with Crippen LogP contribution in [0.3, 0.4) is 0 Å². The number of rotatable bonds is 4. The molecule has 0 unspecified atom stereocenters. The molecule has 1 aromatic heterocycles. The van der Waals surface area contributed by atoms with Crippen LogP contribution in [0.15, 0.2) is 103 Å². The molecular weight excluding hydrogens is 466 g/mol. The van der Waals surface area contributed by atoms with Crippen molar-refractivity contribution in [1.82, 2.24) is 4.98 Å². The molecule has 0 radical (unpaired) electrons. The molecular formula is C34H31N3O. The number of amides is 1. The number of nitrogen functional groups attached to an aromatic ring is 1. The van der Waals surface area contributed by atoms with Gasteiger partial charge < -0.3 is 15.6 Å². The average molecular weight is 498 g/mol. The Morgan fingerprint density at radius 3 is 2.26 bits per heavy atom. The van der Waals surface area contributed by atoms with E-state index in [1.54, 1.807) is 0 Å². The van der Waals surface area contributed by atoms with Crippen LogP contribution in [-0.2, 0) is 16.8 Å². The summed E-state index contributed by atoms with van der Waals surface area (Å²) in [6.07, 6.45) is 0. The first kappa shape index (κ1) is 23.8. The summed E-state index contributed by atoms with van der Waals surface area (Å²) in [7, 11) is 0.